The summed E-state index contributed by atoms with van der Waals surface area (Å²) in [6.07, 6.45) is 2.42. The van der Waals surface area contributed by atoms with Crippen LogP contribution in [0.1, 0.15) is 16.8 Å². The third-order valence-corrected chi connectivity index (χ3v) is 3.90. The molecule has 0 bridgehead atoms. The van der Waals surface area contributed by atoms with Crippen LogP contribution in [0.4, 0.5) is 5.95 Å². The Labute approximate surface area is 132 Å². The fraction of sp³-hybridized carbons (Fsp3) is 0.357. The zero-order valence-corrected chi connectivity index (χ0v) is 12.9. The molecule has 116 valence electrons. The van der Waals surface area contributed by atoms with Crippen LogP contribution in [0.3, 0.4) is 0 Å². The van der Waals surface area contributed by atoms with Crippen LogP contribution in [0.2, 0.25) is 5.02 Å². The van der Waals surface area contributed by atoms with Crippen LogP contribution in [0.5, 0.6) is 5.88 Å². The van der Waals surface area contributed by atoms with Crippen LogP contribution in [-0.2, 0) is 19.5 Å². The summed E-state index contributed by atoms with van der Waals surface area (Å²) in [5, 5.41) is 0.477. The summed E-state index contributed by atoms with van der Waals surface area (Å²) >= 11 is 6.09. The Bertz CT molecular complexity index is 761. The van der Waals surface area contributed by atoms with Crippen LogP contribution >= 0.6 is 11.6 Å². The number of fused-ring (bicyclic) bond motifs is 1. The smallest absolute Gasteiger partial charge is 0.257 e. The molecule has 7 nitrogen and oxygen atoms in total. The molecular formula is C14H16ClN5O2. The minimum atomic E-state index is -0.168. The summed E-state index contributed by atoms with van der Waals surface area (Å²) in [6.45, 7) is 1.98. The molecule has 0 saturated heterocycles. The number of pyridine rings is 1. The van der Waals surface area contributed by atoms with E-state index >= 15 is 0 Å². The van der Waals surface area contributed by atoms with Crippen molar-refractivity contribution < 1.29 is 4.74 Å². The first-order chi connectivity index (χ1) is 10.6. The minimum absolute atomic E-state index is 0.168. The molecule has 8 heteroatoms. The Balaban J connectivity index is 1.78. The van der Waals surface area contributed by atoms with Crippen molar-refractivity contribution in [2.24, 2.45) is 0 Å². The molecule has 22 heavy (non-hydrogen) atoms. The number of nitrogens with two attached hydrogens (primary N) is 1. The van der Waals surface area contributed by atoms with E-state index in [1.165, 1.54) is 7.11 Å². The highest BCUT2D eigenvalue weighted by Gasteiger charge is 2.21. The number of nitrogens with one attached hydrogen (secondary N) is 1. The van der Waals surface area contributed by atoms with Crippen LogP contribution in [0.25, 0.3) is 0 Å². The number of halogens is 1. The third-order valence-electron chi connectivity index (χ3n) is 3.63. The number of nitrogens with zero attached hydrogens (tertiary/aromatic N) is 3. The largest absolute Gasteiger partial charge is 0.480 e. The van der Waals surface area contributed by atoms with Gasteiger partial charge in [-0.1, -0.05) is 11.6 Å². The Kier molecular flexibility index (Phi) is 4.00. The number of hydrogen-bond donors (Lipinski definition) is 2. The summed E-state index contributed by atoms with van der Waals surface area (Å²) in [7, 11) is 1.53. The zero-order chi connectivity index (χ0) is 15.7. The highest BCUT2D eigenvalue weighted by atomic mass is 35.5. The quantitative estimate of drug-likeness (QED) is 0.874. The predicted molar refractivity (Wildman–Crippen MR) is 82.9 cm³/mol. The van der Waals surface area contributed by atoms with E-state index in [4.69, 9.17) is 22.1 Å². The van der Waals surface area contributed by atoms with Crippen LogP contribution < -0.4 is 16.0 Å². The molecule has 0 spiro atoms. The lowest BCUT2D eigenvalue weighted by atomic mass is 10.1. The molecule has 0 amide bonds. The molecule has 1 aliphatic rings. The molecule has 2 aromatic heterocycles. The van der Waals surface area contributed by atoms with E-state index < -0.39 is 0 Å². The summed E-state index contributed by atoms with van der Waals surface area (Å²) in [5.41, 5.74) is 7.82. The fourth-order valence-corrected chi connectivity index (χ4v) is 2.86. The third kappa shape index (κ3) is 2.90. The Morgan fingerprint density at radius 3 is 3.09 bits per heavy atom. The fourth-order valence-electron chi connectivity index (χ4n) is 2.59. The number of methoxy groups -OCH3 is 1. The van der Waals surface area contributed by atoms with E-state index in [1.807, 2.05) is 6.07 Å². The second-order valence-electron chi connectivity index (χ2n) is 5.17. The van der Waals surface area contributed by atoms with Gasteiger partial charge in [0.05, 0.1) is 18.4 Å². The molecule has 0 aliphatic carbocycles. The average molecular weight is 322 g/mol. The van der Waals surface area contributed by atoms with E-state index in [0.717, 1.165) is 17.8 Å². The predicted octanol–water partition coefficient (Wildman–Crippen LogP) is 0.967. The van der Waals surface area contributed by atoms with E-state index in [9.17, 15) is 4.79 Å². The molecule has 3 rings (SSSR count). The molecule has 2 aromatic rings. The normalized spacial score (nSPS) is 14.6. The highest BCUT2D eigenvalue weighted by molar-refractivity contribution is 6.31. The summed E-state index contributed by atoms with van der Waals surface area (Å²) in [5.74, 6) is 0.578. The van der Waals surface area contributed by atoms with E-state index in [1.54, 1.807) is 6.20 Å². The maximum atomic E-state index is 12.0. The van der Waals surface area contributed by atoms with Gasteiger partial charge < -0.3 is 10.5 Å². The van der Waals surface area contributed by atoms with Crippen LogP contribution in [-0.4, -0.2) is 33.5 Å². The average Bonchev–Trinajstić information content (AvgIpc) is 2.48. The molecular weight excluding hydrogens is 306 g/mol. The zero-order valence-electron chi connectivity index (χ0n) is 12.1. The molecule has 3 heterocycles. The lowest BCUT2D eigenvalue weighted by Gasteiger charge is -2.27. The number of aromatic nitrogens is 3. The molecule has 0 atom stereocenters. The van der Waals surface area contributed by atoms with Crippen molar-refractivity contribution in [3.05, 3.63) is 44.5 Å². The number of rotatable bonds is 3. The van der Waals surface area contributed by atoms with E-state index in [2.05, 4.69) is 19.9 Å². The number of ether oxygens (including phenoxy) is 1. The number of nitrogen functional groups attached to an aromatic ring is 1. The topological polar surface area (TPSA) is 97.1 Å². The summed E-state index contributed by atoms with van der Waals surface area (Å²) < 4.78 is 5.04. The van der Waals surface area contributed by atoms with Crippen LogP contribution in [0, 0.1) is 0 Å². The Morgan fingerprint density at radius 2 is 2.36 bits per heavy atom. The monoisotopic (exact) mass is 321 g/mol. The molecule has 0 aromatic carbocycles. The van der Waals surface area contributed by atoms with Gasteiger partial charge in [-0.2, -0.15) is 0 Å². The molecule has 3 N–H and O–H groups in total. The maximum absolute atomic E-state index is 12.0. The van der Waals surface area contributed by atoms with E-state index in [0.29, 0.717) is 36.0 Å². The number of aromatic amines is 1. The van der Waals surface area contributed by atoms with Crippen molar-refractivity contribution in [3.8, 4) is 5.88 Å². The van der Waals surface area contributed by atoms with Gasteiger partial charge in [-0.3, -0.25) is 14.7 Å². The van der Waals surface area contributed by atoms with Gasteiger partial charge in [-0.05, 0) is 11.6 Å². The Hall–Kier alpha value is -2.12. The van der Waals surface area contributed by atoms with Gasteiger partial charge in [0.2, 0.25) is 11.8 Å². The van der Waals surface area contributed by atoms with Gasteiger partial charge in [0.15, 0.2) is 0 Å². The second kappa shape index (κ2) is 5.94. The van der Waals surface area contributed by atoms with Crippen molar-refractivity contribution in [2.45, 2.75) is 19.5 Å². The van der Waals surface area contributed by atoms with Gasteiger partial charge in [-0.15, -0.1) is 0 Å². The maximum Gasteiger partial charge on any atom is 0.257 e. The number of H-pyrrole nitrogens is 1. The first-order valence-electron chi connectivity index (χ1n) is 6.85. The van der Waals surface area contributed by atoms with Crippen molar-refractivity contribution in [3.63, 3.8) is 0 Å². The summed E-state index contributed by atoms with van der Waals surface area (Å²) in [4.78, 5) is 25.0. The molecule has 0 saturated carbocycles. The van der Waals surface area contributed by atoms with Gasteiger partial charge in [0, 0.05) is 32.3 Å². The van der Waals surface area contributed by atoms with Gasteiger partial charge >= 0.3 is 0 Å². The molecule has 0 unspecified atom stereocenters. The van der Waals surface area contributed by atoms with Gasteiger partial charge in [0.25, 0.3) is 5.56 Å². The lowest BCUT2D eigenvalue weighted by Crippen LogP contribution is -2.35. The second-order valence-corrected chi connectivity index (χ2v) is 5.58. The van der Waals surface area contributed by atoms with Gasteiger partial charge in [-0.25, -0.2) is 9.97 Å². The number of anilines is 1. The summed E-state index contributed by atoms with van der Waals surface area (Å²) in [6, 6.07) is 1.83. The molecule has 0 fully saturated rings. The lowest BCUT2D eigenvalue weighted by molar-refractivity contribution is 0.241. The standard InChI is InChI=1S/C14H16ClN5O2/c1-22-13-10(15)4-8(5-17-13)6-20-3-2-11-9(7-20)12(21)19-14(16)18-11/h4-5H,2-3,6-7H2,1H3,(H3,16,18,19,21). The van der Waals surface area contributed by atoms with Crippen molar-refractivity contribution in [1.29, 1.82) is 0 Å². The SMILES string of the molecule is COc1ncc(CN2CCc3nc(N)[nH]c(=O)c3C2)cc1Cl. The highest BCUT2D eigenvalue weighted by Crippen LogP contribution is 2.23. The Morgan fingerprint density at radius 1 is 1.55 bits per heavy atom. The van der Waals surface area contributed by atoms with Gasteiger partial charge in [0.1, 0.15) is 5.02 Å². The minimum Gasteiger partial charge on any atom is -0.480 e. The number of hydrogen-bond acceptors (Lipinski definition) is 6. The van der Waals surface area contributed by atoms with Crippen molar-refractivity contribution in [2.75, 3.05) is 19.4 Å². The van der Waals surface area contributed by atoms with Crippen LogP contribution in [0.15, 0.2) is 17.1 Å². The first kappa shape index (κ1) is 14.8. The molecule has 0 radical (unpaired) electrons. The van der Waals surface area contributed by atoms with E-state index in [-0.39, 0.29) is 11.5 Å². The van der Waals surface area contributed by atoms with Crippen molar-refractivity contribution >= 4 is 17.5 Å². The molecule has 1 aliphatic heterocycles. The van der Waals surface area contributed by atoms with Crippen molar-refractivity contribution in [1.82, 2.24) is 19.9 Å². The first-order valence-corrected chi connectivity index (χ1v) is 7.23.